The molecule has 1 N–H and O–H groups in total. The summed E-state index contributed by atoms with van der Waals surface area (Å²) in [6, 6.07) is 10.8. The number of carbonyl (C=O) groups is 1. The highest BCUT2D eigenvalue weighted by Crippen LogP contribution is 2.39. The molecule has 1 aromatic carbocycles. The minimum atomic E-state index is -0.679. The molecule has 2 atom stereocenters. The van der Waals surface area contributed by atoms with E-state index in [0.29, 0.717) is 12.5 Å². The van der Waals surface area contributed by atoms with Gasteiger partial charge in [-0.15, -0.1) is 0 Å². The Hall–Kier alpha value is -2.70. The van der Waals surface area contributed by atoms with Crippen LogP contribution in [0.3, 0.4) is 0 Å². The number of halogens is 1. The molecule has 1 aliphatic heterocycles. The van der Waals surface area contributed by atoms with E-state index >= 15 is 0 Å². The van der Waals surface area contributed by atoms with Gasteiger partial charge < -0.3 is 10.1 Å². The Balaban J connectivity index is 1.59. The van der Waals surface area contributed by atoms with Crippen molar-refractivity contribution in [3.63, 3.8) is 0 Å². The third-order valence-corrected chi connectivity index (χ3v) is 4.65. The lowest BCUT2D eigenvalue weighted by Crippen LogP contribution is -2.36. The number of rotatable bonds is 5. The molecule has 1 saturated heterocycles. The fraction of sp³-hybridized carbons (Fsp3) is 0.389. The first-order chi connectivity index (χ1) is 12.1. The summed E-state index contributed by atoms with van der Waals surface area (Å²) in [4.78, 5) is 21.7. The van der Waals surface area contributed by atoms with Crippen molar-refractivity contribution in [2.45, 2.75) is 31.8 Å². The summed E-state index contributed by atoms with van der Waals surface area (Å²) >= 11 is 0. The number of nitrogens with one attached hydrogen (secondary N) is 1. The first-order valence-electron chi connectivity index (χ1n) is 8.44. The van der Waals surface area contributed by atoms with E-state index in [1.165, 1.54) is 11.0 Å². The molecular formula is C18H19FN4O2. The van der Waals surface area contributed by atoms with Crippen LogP contribution in [0.2, 0.25) is 0 Å². The standard InChI is InChI=1S/C18H19FN4O2/c1-11(12-5-3-2-4-6-12)20-17-21-15(19)9-16(22-17)23-14(13-7-8-13)10-25-18(23)24/h2-6,9,11,13-14H,7-8,10H2,1H3,(H,20,21,22)/t11-,14+/m0/s1. The molecule has 1 aromatic heterocycles. The van der Waals surface area contributed by atoms with E-state index in [2.05, 4.69) is 15.3 Å². The highest BCUT2D eigenvalue weighted by atomic mass is 19.1. The van der Waals surface area contributed by atoms with Gasteiger partial charge in [-0.25, -0.2) is 4.79 Å². The SMILES string of the molecule is C[C@H](Nc1nc(F)cc(N2C(=O)OC[C@@H]2C2CC2)n1)c1ccccc1. The molecule has 130 valence electrons. The minimum absolute atomic E-state index is 0.0683. The van der Waals surface area contributed by atoms with Crippen molar-refractivity contribution >= 4 is 17.9 Å². The topological polar surface area (TPSA) is 67.4 Å². The number of hydrogen-bond acceptors (Lipinski definition) is 5. The maximum absolute atomic E-state index is 14.0. The normalized spacial score (nSPS) is 21.1. The summed E-state index contributed by atoms with van der Waals surface area (Å²) in [7, 11) is 0. The van der Waals surface area contributed by atoms with Gasteiger partial charge in [0, 0.05) is 6.07 Å². The maximum Gasteiger partial charge on any atom is 0.415 e. The minimum Gasteiger partial charge on any atom is -0.447 e. The van der Waals surface area contributed by atoms with Gasteiger partial charge in [0.1, 0.15) is 12.4 Å². The summed E-state index contributed by atoms with van der Waals surface area (Å²) in [5, 5.41) is 3.10. The molecular weight excluding hydrogens is 323 g/mol. The van der Waals surface area contributed by atoms with Gasteiger partial charge in [0.05, 0.1) is 12.1 Å². The van der Waals surface area contributed by atoms with Gasteiger partial charge in [-0.05, 0) is 31.2 Å². The van der Waals surface area contributed by atoms with Crippen LogP contribution >= 0.6 is 0 Å². The van der Waals surface area contributed by atoms with Crippen LogP contribution in [-0.2, 0) is 4.74 Å². The molecule has 1 saturated carbocycles. The zero-order valence-electron chi connectivity index (χ0n) is 13.9. The molecule has 0 spiro atoms. The van der Waals surface area contributed by atoms with Crippen molar-refractivity contribution in [3.05, 3.63) is 47.9 Å². The van der Waals surface area contributed by atoms with Crippen LogP contribution in [0.15, 0.2) is 36.4 Å². The second-order valence-corrected chi connectivity index (χ2v) is 6.50. The van der Waals surface area contributed by atoms with Crippen LogP contribution in [-0.4, -0.2) is 28.7 Å². The number of nitrogens with zero attached hydrogens (tertiary/aromatic N) is 3. The van der Waals surface area contributed by atoms with Crippen molar-refractivity contribution in [3.8, 4) is 0 Å². The predicted octanol–water partition coefficient (Wildman–Crippen LogP) is 3.52. The van der Waals surface area contributed by atoms with Crippen LogP contribution < -0.4 is 10.2 Å². The van der Waals surface area contributed by atoms with Crippen LogP contribution in [0.25, 0.3) is 0 Å². The number of aromatic nitrogens is 2. The molecule has 7 heteroatoms. The monoisotopic (exact) mass is 342 g/mol. The molecule has 1 amide bonds. The van der Waals surface area contributed by atoms with Gasteiger partial charge in [-0.1, -0.05) is 30.3 Å². The highest BCUT2D eigenvalue weighted by molar-refractivity contribution is 5.89. The van der Waals surface area contributed by atoms with Gasteiger partial charge in [0.2, 0.25) is 11.9 Å². The zero-order valence-corrected chi connectivity index (χ0v) is 13.9. The molecule has 25 heavy (non-hydrogen) atoms. The number of amides is 1. The zero-order chi connectivity index (χ0) is 17.4. The average Bonchev–Trinajstić information content (AvgIpc) is 3.37. The van der Waals surface area contributed by atoms with Crippen molar-refractivity contribution in [1.29, 1.82) is 0 Å². The smallest absolute Gasteiger partial charge is 0.415 e. The predicted molar refractivity (Wildman–Crippen MR) is 90.8 cm³/mol. The van der Waals surface area contributed by atoms with E-state index in [0.717, 1.165) is 18.4 Å². The van der Waals surface area contributed by atoms with Crippen molar-refractivity contribution < 1.29 is 13.9 Å². The molecule has 2 aliphatic rings. The number of ether oxygens (including phenoxy) is 1. The van der Waals surface area contributed by atoms with Crippen molar-refractivity contribution in [2.75, 3.05) is 16.8 Å². The van der Waals surface area contributed by atoms with Gasteiger partial charge >= 0.3 is 6.09 Å². The van der Waals surface area contributed by atoms with Gasteiger partial charge in [-0.2, -0.15) is 14.4 Å². The second-order valence-electron chi connectivity index (χ2n) is 6.50. The fourth-order valence-electron chi connectivity index (χ4n) is 3.14. The number of benzene rings is 1. The second kappa shape index (κ2) is 6.31. The van der Waals surface area contributed by atoms with E-state index in [-0.39, 0.29) is 23.8 Å². The molecule has 2 heterocycles. The maximum atomic E-state index is 14.0. The fourth-order valence-corrected chi connectivity index (χ4v) is 3.14. The Bertz CT molecular complexity index is 782. The molecule has 0 unspecified atom stereocenters. The average molecular weight is 342 g/mol. The molecule has 4 rings (SSSR count). The Kier molecular flexibility index (Phi) is 3.99. The highest BCUT2D eigenvalue weighted by Gasteiger charge is 2.44. The number of carbonyl (C=O) groups excluding carboxylic acids is 1. The molecule has 2 aromatic rings. The summed E-state index contributed by atoms with van der Waals surface area (Å²) < 4.78 is 19.2. The molecule has 1 aliphatic carbocycles. The first kappa shape index (κ1) is 15.8. The van der Waals surface area contributed by atoms with Crippen molar-refractivity contribution in [2.24, 2.45) is 5.92 Å². The molecule has 2 fully saturated rings. The van der Waals surface area contributed by atoms with Gasteiger partial charge in [-0.3, -0.25) is 4.90 Å². The summed E-state index contributed by atoms with van der Waals surface area (Å²) in [5.41, 5.74) is 1.04. The number of hydrogen-bond donors (Lipinski definition) is 1. The largest absolute Gasteiger partial charge is 0.447 e. The van der Waals surface area contributed by atoms with Crippen LogP contribution in [0.1, 0.15) is 31.4 Å². The van der Waals surface area contributed by atoms with E-state index in [9.17, 15) is 9.18 Å². The molecule has 0 bridgehead atoms. The van der Waals surface area contributed by atoms with Gasteiger partial charge in [0.15, 0.2) is 0 Å². The number of cyclic esters (lactones) is 1. The number of anilines is 2. The van der Waals surface area contributed by atoms with Crippen molar-refractivity contribution in [1.82, 2.24) is 9.97 Å². The molecule has 6 nitrogen and oxygen atoms in total. The van der Waals surface area contributed by atoms with Crippen LogP contribution in [0.5, 0.6) is 0 Å². The van der Waals surface area contributed by atoms with Gasteiger partial charge in [0.25, 0.3) is 0 Å². The molecule has 0 radical (unpaired) electrons. The Morgan fingerprint density at radius 3 is 2.76 bits per heavy atom. The Morgan fingerprint density at radius 1 is 1.28 bits per heavy atom. The lowest BCUT2D eigenvalue weighted by Gasteiger charge is -2.21. The van der Waals surface area contributed by atoms with E-state index in [1.54, 1.807) is 0 Å². The Labute approximate surface area is 145 Å². The summed E-state index contributed by atoms with van der Waals surface area (Å²) in [6.07, 6.45) is 1.64. The van der Waals surface area contributed by atoms with Crippen LogP contribution in [0.4, 0.5) is 21.0 Å². The Morgan fingerprint density at radius 2 is 2.04 bits per heavy atom. The van der Waals surface area contributed by atoms with Crippen LogP contribution in [0, 0.1) is 11.9 Å². The van der Waals surface area contributed by atoms with E-state index in [1.807, 2.05) is 37.3 Å². The quantitative estimate of drug-likeness (QED) is 0.842. The van der Waals surface area contributed by atoms with E-state index < -0.39 is 12.0 Å². The lowest BCUT2D eigenvalue weighted by molar-refractivity contribution is 0.178. The summed E-state index contributed by atoms with van der Waals surface area (Å²) in [6.45, 7) is 2.28. The third kappa shape index (κ3) is 3.26. The lowest BCUT2D eigenvalue weighted by atomic mass is 10.1. The first-order valence-corrected chi connectivity index (χ1v) is 8.44. The summed E-state index contributed by atoms with van der Waals surface area (Å²) in [5.74, 6) is 0.126. The third-order valence-electron chi connectivity index (χ3n) is 4.65. The van der Waals surface area contributed by atoms with E-state index in [4.69, 9.17) is 4.74 Å².